The van der Waals surface area contributed by atoms with Crippen molar-refractivity contribution in [1.82, 2.24) is 9.97 Å². The van der Waals surface area contributed by atoms with Crippen molar-refractivity contribution in [3.8, 4) is 0 Å². The molecule has 0 aromatic carbocycles. The third kappa shape index (κ3) is 3.62. The van der Waals surface area contributed by atoms with Gasteiger partial charge in [-0.2, -0.15) is 0 Å². The third-order valence-electron chi connectivity index (χ3n) is 2.90. The molecule has 0 aliphatic heterocycles. The summed E-state index contributed by atoms with van der Waals surface area (Å²) < 4.78 is 4.56. The molecule has 1 aromatic rings. The Morgan fingerprint density at radius 3 is 2.53 bits per heavy atom. The van der Waals surface area contributed by atoms with Crippen LogP contribution in [0.5, 0.6) is 0 Å². The summed E-state index contributed by atoms with van der Waals surface area (Å²) in [4.78, 5) is 19.4. The third-order valence-corrected chi connectivity index (χ3v) is 2.90. The normalized spacial score (nSPS) is 11.2. The first-order valence-corrected chi connectivity index (χ1v) is 5.94. The minimum Gasteiger partial charge on any atom is -0.463 e. The standard InChI is InChI=1S/C12H19N3O4/c1-4-12(6-16,7-17)15-9-5-8(2)13-10(14-9)11(18)19-3/h5,16-17H,4,6-7H2,1-3H3,(H,13,14,15). The number of carbonyl (C=O) groups is 1. The van der Waals surface area contributed by atoms with E-state index in [1.807, 2.05) is 6.92 Å². The zero-order valence-electron chi connectivity index (χ0n) is 11.3. The first-order valence-electron chi connectivity index (χ1n) is 5.94. The van der Waals surface area contributed by atoms with Gasteiger partial charge in [0.1, 0.15) is 5.82 Å². The number of ether oxygens (including phenoxy) is 1. The number of esters is 1. The van der Waals surface area contributed by atoms with E-state index in [4.69, 9.17) is 0 Å². The second kappa shape index (κ2) is 6.44. The highest BCUT2D eigenvalue weighted by molar-refractivity contribution is 5.85. The van der Waals surface area contributed by atoms with E-state index < -0.39 is 11.5 Å². The van der Waals surface area contributed by atoms with Gasteiger partial charge >= 0.3 is 5.97 Å². The molecule has 0 unspecified atom stereocenters. The fraction of sp³-hybridized carbons (Fsp3) is 0.583. The lowest BCUT2D eigenvalue weighted by Gasteiger charge is -2.30. The van der Waals surface area contributed by atoms with Gasteiger partial charge in [0.05, 0.1) is 25.9 Å². The summed E-state index contributed by atoms with van der Waals surface area (Å²) in [5, 5.41) is 21.7. The van der Waals surface area contributed by atoms with Crippen molar-refractivity contribution in [1.29, 1.82) is 0 Å². The SMILES string of the molecule is CCC(CO)(CO)Nc1cc(C)nc(C(=O)OC)n1. The second-order valence-electron chi connectivity index (χ2n) is 4.28. The zero-order chi connectivity index (χ0) is 14.5. The Balaban J connectivity index is 3.07. The maximum Gasteiger partial charge on any atom is 0.376 e. The van der Waals surface area contributed by atoms with E-state index in [1.165, 1.54) is 7.11 Å². The van der Waals surface area contributed by atoms with E-state index in [-0.39, 0.29) is 19.0 Å². The fourth-order valence-electron chi connectivity index (χ4n) is 1.53. The molecule has 1 rings (SSSR count). The van der Waals surface area contributed by atoms with Crippen LogP contribution >= 0.6 is 0 Å². The summed E-state index contributed by atoms with van der Waals surface area (Å²) >= 11 is 0. The van der Waals surface area contributed by atoms with Gasteiger partial charge in [-0.05, 0) is 13.3 Å². The van der Waals surface area contributed by atoms with Gasteiger partial charge in [0.15, 0.2) is 0 Å². The summed E-state index contributed by atoms with van der Waals surface area (Å²) in [5.41, 5.74) is -0.299. The zero-order valence-corrected chi connectivity index (χ0v) is 11.3. The number of aliphatic hydroxyl groups excluding tert-OH is 2. The average Bonchev–Trinajstić information content (AvgIpc) is 2.43. The Hall–Kier alpha value is -1.73. The molecule has 106 valence electrons. The van der Waals surface area contributed by atoms with Crippen LogP contribution in [0.3, 0.4) is 0 Å². The van der Waals surface area contributed by atoms with E-state index >= 15 is 0 Å². The maximum atomic E-state index is 11.4. The Morgan fingerprint density at radius 1 is 1.42 bits per heavy atom. The molecule has 7 heteroatoms. The molecule has 0 atom stereocenters. The van der Waals surface area contributed by atoms with Crippen molar-refractivity contribution in [2.45, 2.75) is 25.8 Å². The number of rotatable bonds is 6. The number of nitrogens with one attached hydrogen (secondary N) is 1. The number of aliphatic hydroxyl groups is 2. The van der Waals surface area contributed by atoms with Crippen LogP contribution in [0.1, 0.15) is 29.7 Å². The topological polar surface area (TPSA) is 105 Å². The Bertz CT molecular complexity index is 438. The monoisotopic (exact) mass is 269 g/mol. The molecule has 0 bridgehead atoms. The first-order chi connectivity index (χ1) is 9.00. The number of hydrogen-bond acceptors (Lipinski definition) is 7. The van der Waals surface area contributed by atoms with Gasteiger partial charge < -0.3 is 20.3 Å². The summed E-state index contributed by atoms with van der Waals surface area (Å²) in [5.74, 6) is -0.342. The molecule has 3 N–H and O–H groups in total. The van der Waals surface area contributed by atoms with E-state index in [1.54, 1.807) is 13.0 Å². The molecule has 1 heterocycles. The van der Waals surface area contributed by atoms with Crippen LogP contribution in [0.15, 0.2) is 6.07 Å². The van der Waals surface area contributed by atoms with Gasteiger partial charge in [0, 0.05) is 11.8 Å². The Labute approximate surface area is 111 Å². The van der Waals surface area contributed by atoms with E-state index in [9.17, 15) is 15.0 Å². The lowest BCUT2D eigenvalue weighted by atomic mass is 9.98. The highest BCUT2D eigenvalue weighted by atomic mass is 16.5. The molecule has 0 spiro atoms. The number of anilines is 1. The molecule has 0 aliphatic rings. The number of aryl methyl sites for hydroxylation is 1. The molecule has 7 nitrogen and oxygen atoms in total. The van der Waals surface area contributed by atoms with Crippen molar-refractivity contribution in [2.24, 2.45) is 0 Å². The molecule has 0 aliphatic carbocycles. The van der Waals surface area contributed by atoms with Crippen LogP contribution in [0.25, 0.3) is 0 Å². The van der Waals surface area contributed by atoms with Crippen LogP contribution in [0.4, 0.5) is 5.82 Å². The van der Waals surface area contributed by atoms with Crippen LogP contribution in [-0.2, 0) is 4.74 Å². The summed E-state index contributed by atoms with van der Waals surface area (Å²) in [7, 11) is 1.25. The molecule has 0 fully saturated rings. The van der Waals surface area contributed by atoms with E-state index in [0.29, 0.717) is 17.9 Å². The van der Waals surface area contributed by atoms with Gasteiger partial charge in [-0.15, -0.1) is 0 Å². The number of aromatic nitrogens is 2. The Morgan fingerprint density at radius 2 is 2.05 bits per heavy atom. The molecular weight excluding hydrogens is 250 g/mol. The highest BCUT2D eigenvalue weighted by Gasteiger charge is 2.27. The number of hydrogen-bond donors (Lipinski definition) is 3. The van der Waals surface area contributed by atoms with E-state index in [0.717, 1.165) is 0 Å². The van der Waals surface area contributed by atoms with Crippen LogP contribution in [-0.4, -0.2) is 52.0 Å². The molecule has 0 saturated heterocycles. The van der Waals surface area contributed by atoms with Crippen molar-refractivity contribution in [3.63, 3.8) is 0 Å². The second-order valence-corrected chi connectivity index (χ2v) is 4.28. The molecule has 0 amide bonds. The van der Waals surface area contributed by atoms with Crippen molar-refractivity contribution >= 4 is 11.8 Å². The number of carbonyl (C=O) groups excluding carboxylic acids is 1. The maximum absolute atomic E-state index is 11.4. The van der Waals surface area contributed by atoms with Crippen molar-refractivity contribution in [3.05, 3.63) is 17.6 Å². The van der Waals surface area contributed by atoms with Gasteiger partial charge in [0.25, 0.3) is 0 Å². The molecule has 19 heavy (non-hydrogen) atoms. The molecule has 0 radical (unpaired) electrons. The van der Waals surface area contributed by atoms with Gasteiger partial charge in [0.2, 0.25) is 5.82 Å². The average molecular weight is 269 g/mol. The Kier molecular flexibility index (Phi) is 5.20. The fourth-order valence-corrected chi connectivity index (χ4v) is 1.53. The number of nitrogens with zero attached hydrogens (tertiary/aromatic N) is 2. The van der Waals surface area contributed by atoms with Crippen LogP contribution in [0.2, 0.25) is 0 Å². The number of methoxy groups -OCH3 is 1. The first kappa shape index (κ1) is 15.3. The predicted octanol–water partition coefficient (Wildman–Crippen LogP) is 0.117. The lowest BCUT2D eigenvalue weighted by Crippen LogP contribution is -2.45. The van der Waals surface area contributed by atoms with Gasteiger partial charge in [-0.25, -0.2) is 14.8 Å². The molecule has 1 aromatic heterocycles. The summed E-state index contributed by atoms with van der Waals surface area (Å²) in [6.07, 6.45) is 0.497. The molecule has 0 saturated carbocycles. The summed E-state index contributed by atoms with van der Waals surface area (Å²) in [6.45, 7) is 3.03. The minimum absolute atomic E-state index is 0.0640. The lowest BCUT2D eigenvalue weighted by molar-refractivity contribution is 0.0586. The van der Waals surface area contributed by atoms with Gasteiger partial charge in [-0.3, -0.25) is 0 Å². The van der Waals surface area contributed by atoms with Gasteiger partial charge in [-0.1, -0.05) is 6.92 Å². The predicted molar refractivity (Wildman–Crippen MR) is 68.9 cm³/mol. The summed E-state index contributed by atoms with van der Waals surface area (Å²) in [6, 6.07) is 1.63. The largest absolute Gasteiger partial charge is 0.463 e. The van der Waals surface area contributed by atoms with E-state index in [2.05, 4.69) is 20.0 Å². The van der Waals surface area contributed by atoms with Crippen molar-refractivity contribution in [2.75, 3.05) is 25.6 Å². The quantitative estimate of drug-likeness (QED) is 0.630. The highest BCUT2D eigenvalue weighted by Crippen LogP contribution is 2.17. The minimum atomic E-state index is -0.881. The van der Waals surface area contributed by atoms with Crippen LogP contribution < -0.4 is 5.32 Å². The van der Waals surface area contributed by atoms with Crippen LogP contribution in [0, 0.1) is 6.92 Å². The van der Waals surface area contributed by atoms with Crippen molar-refractivity contribution < 1.29 is 19.7 Å². The molecular formula is C12H19N3O4. The smallest absolute Gasteiger partial charge is 0.376 e.